The Bertz CT molecular complexity index is 225. The van der Waals surface area contributed by atoms with E-state index < -0.39 is 0 Å². The maximum Gasteiger partial charge on any atom is 0.0487 e. The molecule has 1 nitrogen and oxygen atoms in total. The number of aryl methyl sites for hydroxylation is 1. The van der Waals surface area contributed by atoms with Gasteiger partial charge in [-0.1, -0.05) is 13.8 Å². The van der Waals surface area contributed by atoms with Crippen LogP contribution in [-0.4, -0.2) is 0 Å². The number of nitrogen functional groups attached to an aromatic ring is 1. The molecule has 0 aliphatic carbocycles. The second-order valence-electron chi connectivity index (χ2n) is 2.85. The van der Waals surface area contributed by atoms with E-state index in [1.807, 2.05) is 0 Å². The van der Waals surface area contributed by atoms with Gasteiger partial charge in [-0.2, -0.15) is 0 Å². The summed E-state index contributed by atoms with van der Waals surface area (Å²) in [6.07, 6.45) is 0. The highest BCUT2D eigenvalue weighted by molar-refractivity contribution is 7.10. The summed E-state index contributed by atoms with van der Waals surface area (Å²) in [5.41, 5.74) is 8.02. The molecule has 0 aliphatic rings. The molecule has 0 atom stereocenters. The van der Waals surface area contributed by atoms with Crippen LogP contribution in [0.2, 0.25) is 0 Å². The number of hydrogen-bond donors (Lipinski definition) is 1. The average Bonchev–Trinajstić information content (AvgIpc) is 2.14. The standard InChI is InChI=1S/C8H13NS/c1-5(2)8-7(9)6(3)4-10-8/h4-5H,9H2,1-3H3. The topological polar surface area (TPSA) is 26.0 Å². The van der Waals surface area contributed by atoms with Gasteiger partial charge in [0.25, 0.3) is 0 Å². The van der Waals surface area contributed by atoms with Crippen molar-refractivity contribution in [2.75, 3.05) is 5.73 Å². The Hall–Kier alpha value is -0.500. The predicted molar refractivity (Wildman–Crippen MR) is 47.6 cm³/mol. The predicted octanol–water partition coefficient (Wildman–Crippen LogP) is 2.76. The van der Waals surface area contributed by atoms with Crippen molar-refractivity contribution in [2.45, 2.75) is 26.7 Å². The maximum absolute atomic E-state index is 5.81. The van der Waals surface area contributed by atoms with Gasteiger partial charge in [-0.15, -0.1) is 11.3 Å². The highest BCUT2D eigenvalue weighted by atomic mass is 32.1. The lowest BCUT2D eigenvalue weighted by Crippen LogP contribution is -1.91. The molecule has 0 bridgehead atoms. The second-order valence-corrected chi connectivity index (χ2v) is 3.76. The van der Waals surface area contributed by atoms with E-state index in [1.54, 1.807) is 11.3 Å². The minimum atomic E-state index is 0.568. The summed E-state index contributed by atoms with van der Waals surface area (Å²) < 4.78 is 0. The number of hydrogen-bond acceptors (Lipinski definition) is 2. The van der Waals surface area contributed by atoms with Gasteiger partial charge in [0.1, 0.15) is 0 Å². The van der Waals surface area contributed by atoms with Crippen LogP contribution in [0.15, 0.2) is 5.38 Å². The summed E-state index contributed by atoms with van der Waals surface area (Å²) >= 11 is 1.76. The summed E-state index contributed by atoms with van der Waals surface area (Å²) in [6.45, 7) is 6.39. The Balaban J connectivity index is 3.05. The average molecular weight is 155 g/mol. The first-order valence-corrected chi connectivity index (χ1v) is 4.34. The lowest BCUT2D eigenvalue weighted by Gasteiger charge is -2.01. The Labute approximate surface area is 65.9 Å². The van der Waals surface area contributed by atoms with Gasteiger partial charge in [-0.3, -0.25) is 0 Å². The first kappa shape index (κ1) is 7.61. The van der Waals surface area contributed by atoms with E-state index in [4.69, 9.17) is 5.73 Å². The number of thiophene rings is 1. The monoisotopic (exact) mass is 155 g/mol. The zero-order valence-electron chi connectivity index (χ0n) is 6.64. The lowest BCUT2D eigenvalue weighted by molar-refractivity contribution is 0.892. The minimum Gasteiger partial charge on any atom is -0.398 e. The summed E-state index contributed by atoms with van der Waals surface area (Å²) in [7, 11) is 0. The van der Waals surface area contributed by atoms with E-state index in [0.717, 1.165) is 5.69 Å². The van der Waals surface area contributed by atoms with Crippen LogP contribution in [0.5, 0.6) is 0 Å². The molecule has 0 saturated carbocycles. The molecule has 0 radical (unpaired) electrons. The quantitative estimate of drug-likeness (QED) is 0.663. The van der Waals surface area contributed by atoms with E-state index in [2.05, 4.69) is 26.2 Å². The van der Waals surface area contributed by atoms with E-state index in [0.29, 0.717) is 5.92 Å². The summed E-state index contributed by atoms with van der Waals surface area (Å²) in [5, 5.41) is 2.12. The van der Waals surface area contributed by atoms with E-state index in [1.165, 1.54) is 10.4 Å². The fourth-order valence-corrected chi connectivity index (χ4v) is 1.91. The van der Waals surface area contributed by atoms with Gasteiger partial charge < -0.3 is 5.73 Å². The molecule has 0 amide bonds. The Kier molecular flexibility index (Phi) is 2.00. The highest BCUT2D eigenvalue weighted by Gasteiger charge is 2.07. The molecule has 0 spiro atoms. The lowest BCUT2D eigenvalue weighted by atomic mass is 10.1. The Morgan fingerprint density at radius 2 is 2.10 bits per heavy atom. The van der Waals surface area contributed by atoms with Gasteiger partial charge in [-0.25, -0.2) is 0 Å². The van der Waals surface area contributed by atoms with E-state index in [-0.39, 0.29) is 0 Å². The van der Waals surface area contributed by atoms with Crippen molar-refractivity contribution < 1.29 is 0 Å². The number of anilines is 1. The third kappa shape index (κ3) is 1.16. The molecule has 1 aromatic heterocycles. The van der Waals surface area contributed by atoms with Gasteiger partial charge in [-0.05, 0) is 23.8 Å². The van der Waals surface area contributed by atoms with Crippen LogP contribution in [0.3, 0.4) is 0 Å². The van der Waals surface area contributed by atoms with Crippen LogP contribution in [0.4, 0.5) is 5.69 Å². The van der Waals surface area contributed by atoms with Crippen molar-refractivity contribution in [3.8, 4) is 0 Å². The van der Waals surface area contributed by atoms with Gasteiger partial charge in [0.15, 0.2) is 0 Å². The molecule has 56 valence electrons. The third-order valence-corrected chi connectivity index (χ3v) is 2.99. The van der Waals surface area contributed by atoms with Gasteiger partial charge in [0.05, 0.1) is 0 Å². The van der Waals surface area contributed by atoms with Crippen molar-refractivity contribution in [1.29, 1.82) is 0 Å². The van der Waals surface area contributed by atoms with Gasteiger partial charge >= 0.3 is 0 Å². The fraction of sp³-hybridized carbons (Fsp3) is 0.500. The molecule has 1 rings (SSSR count). The third-order valence-electron chi connectivity index (χ3n) is 1.58. The molecule has 1 aromatic rings. The second kappa shape index (κ2) is 2.62. The normalized spacial score (nSPS) is 10.8. The SMILES string of the molecule is Cc1csc(C(C)C)c1N. The van der Waals surface area contributed by atoms with Crippen molar-refractivity contribution in [3.63, 3.8) is 0 Å². The highest BCUT2D eigenvalue weighted by Crippen LogP contribution is 2.30. The molecule has 0 saturated heterocycles. The minimum absolute atomic E-state index is 0.568. The molecule has 0 fully saturated rings. The number of rotatable bonds is 1. The number of nitrogens with two attached hydrogens (primary N) is 1. The Morgan fingerprint density at radius 1 is 1.50 bits per heavy atom. The smallest absolute Gasteiger partial charge is 0.0487 e. The largest absolute Gasteiger partial charge is 0.398 e. The molecule has 1 heterocycles. The molecule has 2 N–H and O–H groups in total. The molecule has 0 unspecified atom stereocenters. The zero-order chi connectivity index (χ0) is 7.72. The molecule has 10 heavy (non-hydrogen) atoms. The van der Waals surface area contributed by atoms with Crippen LogP contribution in [0.25, 0.3) is 0 Å². The van der Waals surface area contributed by atoms with Crippen LogP contribution < -0.4 is 5.73 Å². The van der Waals surface area contributed by atoms with Crippen LogP contribution in [-0.2, 0) is 0 Å². The van der Waals surface area contributed by atoms with Gasteiger partial charge in [0, 0.05) is 10.6 Å². The first-order valence-electron chi connectivity index (χ1n) is 3.46. The first-order chi connectivity index (χ1) is 4.63. The van der Waals surface area contributed by atoms with E-state index >= 15 is 0 Å². The maximum atomic E-state index is 5.81. The molecular weight excluding hydrogens is 142 g/mol. The molecular formula is C8H13NS. The summed E-state index contributed by atoms with van der Waals surface area (Å²) in [6, 6.07) is 0. The van der Waals surface area contributed by atoms with Crippen molar-refractivity contribution in [2.24, 2.45) is 0 Å². The molecule has 0 aromatic carbocycles. The molecule has 0 aliphatic heterocycles. The van der Waals surface area contributed by atoms with Crippen molar-refractivity contribution in [1.82, 2.24) is 0 Å². The van der Waals surface area contributed by atoms with Gasteiger partial charge in [0.2, 0.25) is 0 Å². The Morgan fingerprint density at radius 3 is 2.30 bits per heavy atom. The van der Waals surface area contributed by atoms with Crippen molar-refractivity contribution in [3.05, 3.63) is 15.8 Å². The van der Waals surface area contributed by atoms with Crippen LogP contribution in [0.1, 0.15) is 30.2 Å². The van der Waals surface area contributed by atoms with E-state index in [9.17, 15) is 0 Å². The molecule has 2 heteroatoms. The zero-order valence-corrected chi connectivity index (χ0v) is 7.46. The fourth-order valence-electron chi connectivity index (χ4n) is 0.920. The summed E-state index contributed by atoms with van der Waals surface area (Å²) in [4.78, 5) is 1.32. The van der Waals surface area contributed by atoms with Crippen LogP contribution in [0, 0.1) is 6.92 Å². The van der Waals surface area contributed by atoms with Crippen molar-refractivity contribution >= 4 is 17.0 Å². The summed E-state index contributed by atoms with van der Waals surface area (Å²) in [5.74, 6) is 0.568. The van der Waals surface area contributed by atoms with Crippen LogP contribution >= 0.6 is 11.3 Å².